The smallest absolute Gasteiger partial charge is 0.251 e. The van der Waals surface area contributed by atoms with Crippen molar-refractivity contribution in [2.45, 2.75) is 4.90 Å². The van der Waals surface area contributed by atoms with Crippen molar-refractivity contribution in [3.63, 3.8) is 0 Å². The molecule has 0 aromatic heterocycles. The van der Waals surface area contributed by atoms with Gasteiger partial charge in [-0.25, -0.2) is 8.42 Å². The predicted molar refractivity (Wildman–Crippen MR) is 70.1 cm³/mol. The maximum Gasteiger partial charge on any atom is 0.251 e. The number of carbonyl (C=O) groups is 1. The number of amides is 1. The van der Waals surface area contributed by atoms with Gasteiger partial charge in [-0.05, 0) is 18.2 Å². The van der Waals surface area contributed by atoms with Crippen LogP contribution < -0.4 is 11.1 Å². The van der Waals surface area contributed by atoms with Crippen molar-refractivity contribution in [2.24, 2.45) is 5.73 Å². The third-order valence-electron chi connectivity index (χ3n) is 2.21. The second-order valence-corrected chi connectivity index (χ2v) is 5.73. The number of rotatable bonds is 5. The molecule has 3 N–H and O–H groups in total. The van der Waals surface area contributed by atoms with Gasteiger partial charge in [0, 0.05) is 24.9 Å². The molecule has 0 aliphatic carbocycles. The first-order valence-electron chi connectivity index (χ1n) is 5.38. The average molecular weight is 268 g/mol. The Bertz CT molecular complexity index is 550. The van der Waals surface area contributed by atoms with E-state index in [2.05, 4.69) is 5.32 Å². The van der Waals surface area contributed by atoms with Crippen LogP contribution in [0.15, 0.2) is 41.3 Å². The van der Waals surface area contributed by atoms with Gasteiger partial charge in [-0.15, -0.1) is 0 Å². The molecule has 1 aromatic rings. The maximum atomic E-state index is 11.7. The van der Waals surface area contributed by atoms with Crippen LogP contribution in [0.1, 0.15) is 10.4 Å². The van der Waals surface area contributed by atoms with Gasteiger partial charge in [0.05, 0.1) is 4.90 Å². The summed E-state index contributed by atoms with van der Waals surface area (Å²) >= 11 is 0. The van der Waals surface area contributed by atoms with Gasteiger partial charge in [0.25, 0.3) is 5.91 Å². The van der Waals surface area contributed by atoms with E-state index in [0.717, 1.165) is 6.26 Å². The molecule has 18 heavy (non-hydrogen) atoms. The van der Waals surface area contributed by atoms with E-state index in [9.17, 15) is 13.2 Å². The van der Waals surface area contributed by atoms with E-state index in [1.165, 1.54) is 12.1 Å². The highest BCUT2D eigenvalue weighted by atomic mass is 32.2. The number of benzene rings is 1. The Morgan fingerprint density at radius 2 is 2.11 bits per heavy atom. The van der Waals surface area contributed by atoms with Crippen LogP contribution in [0, 0.1) is 0 Å². The number of sulfone groups is 1. The molecule has 1 rings (SSSR count). The van der Waals surface area contributed by atoms with Gasteiger partial charge in [0.15, 0.2) is 9.84 Å². The molecule has 0 saturated heterocycles. The topological polar surface area (TPSA) is 89.3 Å². The van der Waals surface area contributed by atoms with Gasteiger partial charge in [0.2, 0.25) is 0 Å². The Morgan fingerprint density at radius 3 is 2.72 bits per heavy atom. The van der Waals surface area contributed by atoms with Crippen molar-refractivity contribution in [1.29, 1.82) is 0 Å². The molecule has 0 aliphatic heterocycles. The highest BCUT2D eigenvalue weighted by Crippen LogP contribution is 2.11. The average Bonchev–Trinajstić information content (AvgIpc) is 2.33. The summed E-state index contributed by atoms with van der Waals surface area (Å²) in [4.78, 5) is 11.8. The largest absolute Gasteiger partial charge is 0.349 e. The minimum Gasteiger partial charge on any atom is -0.349 e. The van der Waals surface area contributed by atoms with E-state index in [1.54, 1.807) is 24.3 Å². The molecule has 1 amide bonds. The fourth-order valence-electron chi connectivity index (χ4n) is 1.30. The second kappa shape index (κ2) is 6.32. The zero-order valence-electron chi connectivity index (χ0n) is 10.1. The van der Waals surface area contributed by atoms with E-state index < -0.39 is 9.84 Å². The number of nitrogens with two attached hydrogens (primary N) is 1. The van der Waals surface area contributed by atoms with Gasteiger partial charge in [0.1, 0.15) is 0 Å². The standard InChI is InChI=1S/C12H16N2O3S/c1-18(16,17)11-6-4-5-10(9-11)12(15)14-8-3-2-7-13/h2-6,9H,7-8,13H2,1H3,(H,14,15)/b3-2+. The molecule has 0 heterocycles. The normalized spacial score (nSPS) is 11.7. The Balaban J connectivity index is 2.78. The molecular weight excluding hydrogens is 252 g/mol. The molecule has 1 aromatic carbocycles. The van der Waals surface area contributed by atoms with E-state index in [1.807, 2.05) is 0 Å². The second-order valence-electron chi connectivity index (χ2n) is 3.72. The molecule has 5 nitrogen and oxygen atoms in total. The van der Waals surface area contributed by atoms with Crippen LogP contribution >= 0.6 is 0 Å². The van der Waals surface area contributed by atoms with E-state index in [4.69, 9.17) is 5.73 Å². The van der Waals surface area contributed by atoms with Gasteiger partial charge in [-0.2, -0.15) is 0 Å². The lowest BCUT2D eigenvalue weighted by Crippen LogP contribution is -2.23. The first-order chi connectivity index (χ1) is 8.45. The van der Waals surface area contributed by atoms with Crippen LogP contribution in [0.5, 0.6) is 0 Å². The number of hydrogen-bond donors (Lipinski definition) is 2. The molecule has 0 saturated carbocycles. The molecule has 0 bridgehead atoms. The van der Waals surface area contributed by atoms with Crippen molar-refractivity contribution >= 4 is 15.7 Å². The molecule has 0 unspecified atom stereocenters. The Kier molecular flexibility index (Phi) is 5.06. The maximum absolute atomic E-state index is 11.7. The molecule has 0 spiro atoms. The quantitative estimate of drug-likeness (QED) is 0.753. The minimum atomic E-state index is -3.30. The summed E-state index contributed by atoms with van der Waals surface area (Å²) in [6.07, 6.45) is 4.57. The van der Waals surface area contributed by atoms with Crippen LogP contribution in [-0.4, -0.2) is 33.7 Å². The molecular formula is C12H16N2O3S. The van der Waals surface area contributed by atoms with Crippen LogP contribution in [0.25, 0.3) is 0 Å². The SMILES string of the molecule is CS(=O)(=O)c1cccc(C(=O)NC/C=C/CN)c1. The van der Waals surface area contributed by atoms with E-state index in [0.29, 0.717) is 18.7 Å². The van der Waals surface area contributed by atoms with Gasteiger partial charge in [-0.3, -0.25) is 4.79 Å². The van der Waals surface area contributed by atoms with Gasteiger partial charge in [-0.1, -0.05) is 18.2 Å². The molecule has 98 valence electrons. The Hall–Kier alpha value is -1.66. The fourth-order valence-corrected chi connectivity index (χ4v) is 1.97. The lowest BCUT2D eigenvalue weighted by atomic mass is 10.2. The van der Waals surface area contributed by atoms with E-state index in [-0.39, 0.29) is 10.8 Å². The highest BCUT2D eigenvalue weighted by molar-refractivity contribution is 7.90. The molecule has 0 radical (unpaired) electrons. The van der Waals surface area contributed by atoms with Crippen molar-refractivity contribution in [1.82, 2.24) is 5.32 Å². The lowest BCUT2D eigenvalue weighted by Gasteiger charge is -2.04. The summed E-state index contributed by atoms with van der Waals surface area (Å²) in [5.41, 5.74) is 5.58. The predicted octanol–water partition coefficient (Wildman–Crippen LogP) is 0.335. The van der Waals surface area contributed by atoms with Gasteiger partial charge >= 0.3 is 0 Å². The number of hydrogen-bond acceptors (Lipinski definition) is 4. The van der Waals surface area contributed by atoms with E-state index >= 15 is 0 Å². The summed E-state index contributed by atoms with van der Waals surface area (Å²) in [6.45, 7) is 0.776. The van der Waals surface area contributed by atoms with Crippen LogP contribution in [0.4, 0.5) is 0 Å². The van der Waals surface area contributed by atoms with Crippen LogP contribution in [0.2, 0.25) is 0 Å². The Labute approximate surface area is 107 Å². The first-order valence-corrected chi connectivity index (χ1v) is 7.27. The summed E-state index contributed by atoms with van der Waals surface area (Å²) in [6, 6.07) is 5.93. The van der Waals surface area contributed by atoms with Crippen LogP contribution in [0.3, 0.4) is 0 Å². The molecule has 6 heteroatoms. The fraction of sp³-hybridized carbons (Fsp3) is 0.250. The lowest BCUT2D eigenvalue weighted by molar-refractivity contribution is 0.0958. The van der Waals surface area contributed by atoms with Crippen LogP contribution in [-0.2, 0) is 9.84 Å². The Morgan fingerprint density at radius 1 is 1.39 bits per heavy atom. The highest BCUT2D eigenvalue weighted by Gasteiger charge is 2.10. The molecule has 0 fully saturated rings. The third kappa shape index (κ3) is 4.31. The monoisotopic (exact) mass is 268 g/mol. The summed E-state index contributed by atoms with van der Waals surface area (Å²) in [5, 5.41) is 2.64. The zero-order chi connectivity index (χ0) is 13.6. The first kappa shape index (κ1) is 14.4. The zero-order valence-corrected chi connectivity index (χ0v) is 10.9. The van der Waals surface area contributed by atoms with Crippen molar-refractivity contribution < 1.29 is 13.2 Å². The third-order valence-corrected chi connectivity index (χ3v) is 3.32. The number of carbonyl (C=O) groups excluding carboxylic acids is 1. The van der Waals surface area contributed by atoms with Crippen molar-refractivity contribution in [3.05, 3.63) is 42.0 Å². The van der Waals surface area contributed by atoms with Crippen molar-refractivity contribution in [2.75, 3.05) is 19.3 Å². The minimum absolute atomic E-state index is 0.132. The van der Waals surface area contributed by atoms with Crippen molar-refractivity contribution in [3.8, 4) is 0 Å². The summed E-state index contributed by atoms with van der Waals surface area (Å²) < 4.78 is 22.7. The number of nitrogens with one attached hydrogen (secondary N) is 1. The van der Waals surface area contributed by atoms with Gasteiger partial charge < -0.3 is 11.1 Å². The molecule has 0 aliphatic rings. The summed E-state index contributed by atoms with van der Waals surface area (Å²) in [5.74, 6) is -0.317. The molecule has 0 atom stereocenters. The summed E-state index contributed by atoms with van der Waals surface area (Å²) in [7, 11) is -3.30.